The molecule has 1 aliphatic rings. The number of aromatic hydroxyl groups is 1. The Hall–Kier alpha value is -1.94. The topological polar surface area (TPSA) is 44.6 Å². The first kappa shape index (κ1) is 13.1. The second-order valence-electron chi connectivity index (χ2n) is 5.05. The van der Waals surface area contributed by atoms with Crippen molar-refractivity contribution in [2.24, 2.45) is 5.10 Å². The second-order valence-corrected chi connectivity index (χ2v) is 6.45. The molecule has 102 valence electrons. The molecular formula is C16H16N2OS. The molecule has 2 aromatic rings. The van der Waals surface area contributed by atoms with E-state index in [9.17, 15) is 5.11 Å². The molecule has 20 heavy (non-hydrogen) atoms. The number of nitrogens with zero attached hydrogens (tertiary/aromatic N) is 1. The molecule has 0 aliphatic carbocycles. The van der Waals surface area contributed by atoms with Crippen LogP contribution in [0, 0.1) is 6.92 Å². The molecule has 1 aliphatic heterocycles. The number of phenolic OH excluding ortho intramolecular Hbond substituents is 1. The molecule has 3 rings (SSSR count). The fraction of sp³-hybridized carbons (Fsp3) is 0.188. The van der Waals surface area contributed by atoms with Crippen molar-refractivity contribution in [2.75, 3.05) is 0 Å². The number of rotatable bonds is 2. The Kier molecular flexibility index (Phi) is 3.18. The summed E-state index contributed by atoms with van der Waals surface area (Å²) in [5, 5.41) is 15.4. The second kappa shape index (κ2) is 4.87. The van der Waals surface area contributed by atoms with Crippen LogP contribution in [0.3, 0.4) is 0 Å². The molecule has 3 nitrogen and oxygen atoms in total. The van der Waals surface area contributed by atoms with Crippen LogP contribution in [0.2, 0.25) is 0 Å². The Morgan fingerprint density at radius 1 is 1.10 bits per heavy atom. The fourth-order valence-corrected chi connectivity index (χ4v) is 3.31. The third kappa shape index (κ3) is 2.27. The predicted octanol–water partition coefficient (Wildman–Crippen LogP) is 3.57. The molecular weight excluding hydrogens is 268 g/mol. The number of nitrogens with one attached hydrogen (secondary N) is 1. The van der Waals surface area contributed by atoms with Gasteiger partial charge in [-0.15, -0.1) is 0 Å². The van der Waals surface area contributed by atoms with Gasteiger partial charge in [-0.05, 0) is 19.9 Å². The molecule has 0 bridgehead atoms. The lowest BCUT2D eigenvalue weighted by atomic mass is 10.1. The largest absolute Gasteiger partial charge is 0.508 e. The minimum atomic E-state index is -0.439. The monoisotopic (exact) mass is 284 g/mol. The highest BCUT2D eigenvalue weighted by Gasteiger charge is 2.36. The standard InChI is InChI=1S/C16H16N2OS/c1-11-7-9-12(10-8-11)15-17-18-16(2,20-15)13-5-3-4-6-14(13)19/h3-10,18-19H,1-2H3/t16-/m0/s1. The fourth-order valence-electron chi connectivity index (χ4n) is 2.21. The smallest absolute Gasteiger partial charge is 0.132 e. The van der Waals surface area contributed by atoms with E-state index in [1.807, 2.05) is 25.1 Å². The van der Waals surface area contributed by atoms with E-state index >= 15 is 0 Å². The summed E-state index contributed by atoms with van der Waals surface area (Å²) in [6.07, 6.45) is 0. The molecule has 0 aromatic heterocycles. The number of hydrazone groups is 1. The summed E-state index contributed by atoms with van der Waals surface area (Å²) < 4.78 is 0. The third-order valence-electron chi connectivity index (χ3n) is 3.39. The highest BCUT2D eigenvalue weighted by Crippen LogP contribution is 2.43. The van der Waals surface area contributed by atoms with Gasteiger partial charge >= 0.3 is 0 Å². The maximum atomic E-state index is 10.0. The lowest BCUT2D eigenvalue weighted by Gasteiger charge is -2.24. The molecule has 0 radical (unpaired) electrons. The summed E-state index contributed by atoms with van der Waals surface area (Å²) in [6.45, 7) is 4.09. The van der Waals surface area contributed by atoms with Crippen LogP contribution in [0.15, 0.2) is 53.6 Å². The van der Waals surface area contributed by atoms with Crippen LogP contribution in [0.5, 0.6) is 5.75 Å². The van der Waals surface area contributed by atoms with Crippen molar-refractivity contribution in [1.82, 2.24) is 5.43 Å². The number of thioether (sulfide) groups is 1. The van der Waals surface area contributed by atoms with E-state index in [0.29, 0.717) is 0 Å². The minimum Gasteiger partial charge on any atom is -0.508 e. The van der Waals surface area contributed by atoms with Crippen LogP contribution in [0.4, 0.5) is 0 Å². The van der Waals surface area contributed by atoms with E-state index in [4.69, 9.17) is 0 Å². The van der Waals surface area contributed by atoms with Gasteiger partial charge in [0.15, 0.2) is 0 Å². The SMILES string of the molecule is Cc1ccc(C2=NN[C@](C)(c3ccccc3O)S2)cc1. The van der Waals surface area contributed by atoms with Gasteiger partial charge in [-0.1, -0.05) is 59.8 Å². The van der Waals surface area contributed by atoms with Gasteiger partial charge in [0.1, 0.15) is 15.7 Å². The number of phenols is 1. The highest BCUT2D eigenvalue weighted by atomic mass is 32.2. The van der Waals surface area contributed by atoms with E-state index in [-0.39, 0.29) is 5.75 Å². The zero-order valence-electron chi connectivity index (χ0n) is 11.4. The van der Waals surface area contributed by atoms with Crippen LogP contribution >= 0.6 is 11.8 Å². The normalized spacial score (nSPS) is 21.4. The predicted molar refractivity (Wildman–Crippen MR) is 83.9 cm³/mol. The summed E-state index contributed by atoms with van der Waals surface area (Å²) >= 11 is 1.62. The van der Waals surface area contributed by atoms with Crippen LogP contribution in [-0.2, 0) is 4.87 Å². The lowest BCUT2D eigenvalue weighted by molar-refractivity contribution is 0.447. The van der Waals surface area contributed by atoms with Gasteiger partial charge in [-0.25, -0.2) is 0 Å². The first-order valence-electron chi connectivity index (χ1n) is 6.48. The molecule has 1 heterocycles. The number of benzene rings is 2. The minimum absolute atomic E-state index is 0.287. The van der Waals surface area contributed by atoms with Gasteiger partial charge in [-0.2, -0.15) is 5.10 Å². The Balaban J connectivity index is 1.88. The van der Waals surface area contributed by atoms with Crippen LogP contribution < -0.4 is 5.43 Å². The number of hydrogen-bond donors (Lipinski definition) is 2. The Labute approximate surface area is 122 Å². The van der Waals surface area contributed by atoms with Crippen molar-refractivity contribution in [3.8, 4) is 5.75 Å². The summed E-state index contributed by atoms with van der Waals surface area (Å²) in [7, 11) is 0. The molecule has 4 heteroatoms. The van der Waals surface area contributed by atoms with Crippen LogP contribution in [0.25, 0.3) is 0 Å². The van der Waals surface area contributed by atoms with Gasteiger partial charge < -0.3 is 5.11 Å². The van der Waals surface area contributed by atoms with Crippen molar-refractivity contribution in [2.45, 2.75) is 18.7 Å². The van der Waals surface area contributed by atoms with Crippen molar-refractivity contribution in [1.29, 1.82) is 0 Å². The molecule has 0 spiro atoms. The molecule has 0 unspecified atom stereocenters. The van der Waals surface area contributed by atoms with Crippen molar-refractivity contribution in [3.63, 3.8) is 0 Å². The third-order valence-corrected chi connectivity index (χ3v) is 4.63. The van der Waals surface area contributed by atoms with Crippen molar-refractivity contribution in [3.05, 3.63) is 65.2 Å². The van der Waals surface area contributed by atoms with Gasteiger partial charge in [0, 0.05) is 11.1 Å². The maximum Gasteiger partial charge on any atom is 0.132 e. The summed E-state index contributed by atoms with van der Waals surface area (Å²) in [5.41, 5.74) is 6.31. The Morgan fingerprint density at radius 2 is 1.80 bits per heavy atom. The average Bonchev–Trinajstić information content (AvgIpc) is 2.84. The van der Waals surface area contributed by atoms with E-state index in [1.165, 1.54) is 5.56 Å². The van der Waals surface area contributed by atoms with Gasteiger partial charge in [0.25, 0.3) is 0 Å². The van der Waals surface area contributed by atoms with Gasteiger partial charge in [0.05, 0.1) is 0 Å². The van der Waals surface area contributed by atoms with Gasteiger partial charge in [-0.3, -0.25) is 5.43 Å². The summed E-state index contributed by atoms with van der Waals surface area (Å²) in [5.74, 6) is 0.287. The lowest BCUT2D eigenvalue weighted by Crippen LogP contribution is -2.28. The first-order chi connectivity index (χ1) is 9.58. The van der Waals surface area contributed by atoms with Crippen molar-refractivity contribution >= 4 is 16.8 Å². The first-order valence-corrected chi connectivity index (χ1v) is 7.29. The average molecular weight is 284 g/mol. The summed E-state index contributed by atoms with van der Waals surface area (Å²) in [4.78, 5) is -0.439. The molecule has 0 saturated carbocycles. The molecule has 2 N–H and O–H groups in total. The molecule has 0 fully saturated rings. The van der Waals surface area contributed by atoms with Gasteiger partial charge in [0.2, 0.25) is 0 Å². The van der Waals surface area contributed by atoms with Crippen LogP contribution in [0.1, 0.15) is 23.6 Å². The van der Waals surface area contributed by atoms with Crippen LogP contribution in [-0.4, -0.2) is 10.2 Å². The quantitative estimate of drug-likeness (QED) is 0.886. The molecule has 0 amide bonds. The Morgan fingerprint density at radius 3 is 2.50 bits per heavy atom. The highest BCUT2D eigenvalue weighted by molar-refractivity contribution is 8.15. The summed E-state index contributed by atoms with van der Waals surface area (Å²) in [6, 6.07) is 15.7. The van der Waals surface area contributed by atoms with E-state index < -0.39 is 4.87 Å². The molecule has 2 aromatic carbocycles. The maximum absolute atomic E-state index is 10.0. The van der Waals surface area contributed by atoms with E-state index in [2.05, 4.69) is 41.7 Å². The van der Waals surface area contributed by atoms with E-state index in [0.717, 1.165) is 16.2 Å². The number of para-hydroxylation sites is 1. The molecule has 1 atom stereocenters. The zero-order valence-corrected chi connectivity index (χ0v) is 12.2. The number of aryl methyl sites for hydroxylation is 1. The zero-order chi connectivity index (χ0) is 14.2. The van der Waals surface area contributed by atoms with Crippen molar-refractivity contribution < 1.29 is 5.11 Å². The molecule has 0 saturated heterocycles. The Bertz CT molecular complexity index is 666. The number of hydrogen-bond acceptors (Lipinski definition) is 4. The van der Waals surface area contributed by atoms with E-state index in [1.54, 1.807) is 17.8 Å².